The van der Waals surface area contributed by atoms with Crippen LogP contribution in [-0.2, 0) is 0 Å². The molecular weight excluding hydrogens is 252 g/mol. The standard InChI is InChI=1S/C16H26N2S/c1-4-15(17-5-2)14-8-6-7-9-16(14)18(3)13-10-11-19-12-13/h6-9,13,15,17H,4-5,10-12H2,1-3H3. The van der Waals surface area contributed by atoms with E-state index in [1.54, 1.807) is 0 Å². The quantitative estimate of drug-likeness (QED) is 0.854. The summed E-state index contributed by atoms with van der Waals surface area (Å²) in [5.74, 6) is 2.57. The molecule has 2 nitrogen and oxygen atoms in total. The van der Waals surface area contributed by atoms with Crippen LogP contribution in [0.25, 0.3) is 0 Å². The Morgan fingerprint density at radius 1 is 1.37 bits per heavy atom. The Balaban J connectivity index is 2.23. The maximum atomic E-state index is 3.60. The Morgan fingerprint density at radius 3 is 2.79 bits per heavy atom. The van der Waals surface area contributed by atoms with Crippen LogP contribution in [0.5, 0.6) is 0 Å². The van der Waals surface area contributed by atoms with Gasteiger partial charge in [0.2, 0.25) is 0 Å². The van der Waals surface area contributed by atoms with Gasteiger partial charge in [-0.2, -0.15) is 11.8 Å². The fourth-order valence-corrected chi connectivity index (χ4v) is 4.12. The summed E-state index contributed by atoms with van der Waals surface area (Å²) in [6.45, 7) is 5.47. The average molecular weight is 278 g/mol. The number of hydrogen-bond acceptors (Lipinski definition) is 3. The molecule has 0 aliphatic carbocycles. The van der Waals surface area contributed by atoms with Crippen LogP contribution in [0.1, 0.15) is 38.3 Å². The van der Waals surface area contributed by atoms with Crippen molar-refractivity contribution in [3.63, 3.8) is 0 Å². The van der Waals surface area contributed by atoms with Gasteiger partial charge < -0.3 is 10.2 Å². The smallest absolute Gasteiger partial charge is 0.0414 e. The highest BCUT2D eigenvalue weighted by Crippen LogP contribution is 2.32. The van der Waals surface area contributed by atoms with Gasteiger partial charge in [0.25, 0.3) is 0 Å². The first-order chi connectivity index (χ1) is 9.27. The van der Waals surface area contributed by atoms with Crippen LogP contribution in [0.2, 0.25) is 0 Å². The minimum atomic E-state index is 0.470. The first-order valence-corrected chi connectivity index (χ1v) is 8.56. The first-order valence-electron chi connectivity index (χ1n) is 7.40. The van der Waals surface area contributed by atoms with Crippen molar-refractivity contribution in [2.45, 2.75) is 38.8 Å². The number of hydrogen-bond donors (Lipinski definition) is 1. The maximum absolute atomic E-state index is 3.60. The molecule has 0 spiro atoms. The van der Waals surface area contributed by atoms with Gasteiger partial charge in [-0.3, -0.25) is 0 Å². The zero-order valence-electron chi connectivity index (χ0n) is 12.4. The molecule has 1 fully saturated rings. The third kappa shape index (κ3) is 3.46. The van der Waals surface area contributed by atoms with Gasteiger partial charge in [0, 0.05) is 30.6 Å². The van der Waals surface area contributed by atoms with E-state index >= 15 is 0 Å². The molecule has 0 aromatic heterocycles. The molecule has 1 saturated heterocycles. The van der Waals surface area contributed by atoms with E-state index in [4.69, 9.17) is 0 Å². The molecule has 1 aliphatic rings. The Kier molecular flexibility index (Phi) is 5.59. The third-order valence-electron chi connectivity index (χ3n) is 4.00. The molecule has 0 saturated carbocycles. The van der Waals surface area contributed by atoms with Crippen molar-refractivity contribution in [2.24, 2.45) is 0 Å². The van der Waals surface area contributed by atoms with Crippen molar-refractivity contribution < 1.29 is 0 Å². The normalized spacial score (nSPS) is 20.5. The molecule has 0 radical (unpaired) electrons. The highest BCUT2D eigenvalue weighted by Gasteiger charge is 2.23. The Bertz CT molecular complexity index is 388. The monoisotopic (exact) mass is 278 g/mol. The number of rotatable bonds is 6. The lowest BCUT2D eigenvalue weighted by Gasteiger charge is -2.30. The molecule has 1 N–H and O–H groups in total. The second-order valence-corrected chi connectivity index (χ2v) is 6.36. The topological polar surface area (TPSA) is 15.3 Å². The fourth-order valence-electron chi connectivity index (χ4n) is 2.85. The number of benzene rings is 1. The molecule has 2 atom stereocenters. The number of nitrogens with zero attached hydrogens (tertiary/aromatic N) is 1. The molecule has 1 aliphatic heterocycles. The largest absolute Gasteiger partial charge is 0.370 e. The number of nitrogens with one attached hydrogen (secondary N) is 1. The molecule has 19 heavy (non-hydrogen) atoms. The van der Waals surface area contributed by atoms with Gasteiger partial charge in [-0.15, -0.1) is 0 Å². The summed E-state index contributed by atoms with van der Waals surface area (Å²) in [4.78, 5) is 2.50. The van der Waals surface area contributed by atoms with Gasteiger partial charge in [0.15, 0.2) is 0 Å². The second kappa shape index (κ2) is 7.20. The molecule has 1 aromatic carbocycles. The zero-order valence-corrected chi connectivity index (χ0v) is 13.2. The molecule has 0 amide bonds. The summed E-state index contributed by atoms with van der Waals surface area (Å²) in [6.07, 6.45) is 2.45. The van der Waals surface area contributed by atoms with Crippen LogP contribution in [0.3, 0.4) is 0 Å². The fraction of sp³-hybridized carbons (Fsp3) is 0.625. The van der Waals surface area contributed by atoms with Crippen molar-refractivity contribution in [2.75, 3.05) is 30.0 Å². The van der Waals surface area contributed by atoms with Crippen molar-refractivity contribution in [3.05, 3.63) is 29.8 Å². The summed E-state index contributed by atoms with van der Waals surface area (Å²) in [6, 6.07) is 10.1. The zero-order chi connectivity index (χ0) is 13.7. The molecule has 3 heteroatoms. The Hall–Kier alpha value is -0.670. The van der Waals surface area contributed by atoms with Crippen LogP contribution in [0.4, 0.5) is 5.69 Å². The highest BCUT2D eigenvalue weighted by molar-refractivity contribution is 7.99. The lowest BCUT2D eigenvalue weighted by molar-refractivity contribution is 0.535. The van der Waals surface area contributed by atoms with E-state index in [9.17, 15) is 0 Å². The SMILES string of the molecule is CCNC(CC)c1ccccc1N(C)C1CCSC1. The van der Waals surface area contributed by atoms with E-state index in [1.807, 2.05) is 0 Å². The van der Waals surface area contributed by atoms with Gasteiger partial charge in [-0.05, 0) is 36.8 Å². The van der Waals surface area contributed by atoms with Gasteiger partial charge in [-0.1, -0.05) is 32.0 Å². The van der Waals surface area contributed by atoms with Gasteiger partial charge in [-0.25, -0.2) is 0 Å². The van der Waals surface area contributed by atoms with E-state index in [-0.39, 0.29) is 0 Å². The van der Waals surface area contributed by atoms with Crippen molar-refractivity contribution in [3.8, 4) is 0 Å². The van der Waals surface area contributed by atoms with Crippen molar-refractivity contribution >= 4 is 17.4 Å². The van der Waals surface area contributed by atoms with Crippen molar-refractivity contribution in [1.29, 1.82) is 0 Å². The average Bonchev–Trinajstić information content (AvgIpc) is 2.98. The molecule has 2 unspecified atom stereocenters. The van der Waals surface area contributed by atoms with Crippen LogP contribution >= 0.6 is 11.8 Å². The minimum Gasteiger partial charge on any atom is -0.370 e. The van der Waals surface area contributed by atoms with Crippen LogP contribution in [0, 0.1) is 0 Å². The highest BCUT2D eigenvalue weighted by atomic mass is 32.2. The predicted molar refractivity (Wildman–Crippen MR) is 87.3 cm³/mol. The molecule has 1 heterocycles. The van der Waals surface area contributed by atoms with Gasteiger partial charge >= 0.3 is 0 Å². The third-order valence-corrected chi connectivity index (χ3v) is 5.15. The van der Waals surface area contributed by atoms with Crippen LogP contribution in [-0.4, -0.2) is 31.1 Å². The lowest BCUT2D eigenvalue weighted by atomic mass is 10.0. The van der Waals surface area contributed by atoms with E-state index < -0.39 is 0 Å². The van der Waals surface area contributed by atoms with Gasteiger partial charge in [0.05, 0.1) is 0 Å². The molecule has 0 bridgehead atoms. The number of thioether (sulfide) groups is 1. The molecular formula is C16H26N2S. The van der Waals surface area contributed by atoms with E-state index in [1.165, 1.54) is 29.2 Å². The van der Waals surface area contributed by atoms with E-state index in [0.29, 0.717) is 12.1 Å². The van der Waals surface area contributed by atoms with Crippen molar-refractivity contribution in [1.82, 2.24) is 5.32 Å². The summed E-state index contributed by atoms with van der Waals surface area (Å²) in [7, 11) is 2.26. The molecule has 2 rings (SSSR count). The summed E-state index contributed by atoms with van der Waals surface area (Å²) < 4.78 is 0. The van der Waals surface area contributed by atoms with Crippen LogP contribution < -0.4 is 10.2 Å². The summed E-state index contributed by atoms with van der Waals surface area (Å²) in [5, 5.41) is 3.60. The van der Waals surface area contributed by atoms with Crippen LogP contribution in [0.15, 0.2) is 24.3 Å². The Morgan fingerprint density at radius 2 is 2.16 bits per heavy atom. The first kappa shape index (κ1) is 14.7. The summed E-state index contributed by atoms with van der Waals surface area (Å²) in [5.41, 5.74) is 2.86. The molecule has 106 valence electrons. The number of anilines is 1. The van der Waals surface area contributed by atoms with Gasteiger partial charge in [0.1, 0.15) is 0 Å². The summed E-state index contributed by atoms with van der Waals surface area (Å²) >= 11 is 2.08. The second-order valence-electron chi connectivity index (χ2n) is 5.21. The number of para-hydroxylation sites is 1. The predicted octanol–water partition coefficient (Wildman–Crippen LogP) is 3.69. The Labute approximate surface area is 122 Å². The lowest BCUT2D eigenvalue weighted by Crippen LogP contribution is -2.33. The van der Waals surface area contributed by atoms with E-state index in [2.05, 4.69) is 67.1 Å². The van der Waals surface area contributed by atoms with E-state index in [0.717, 1.165) is 13.0 Å². The maximum Gasteiger partial charge on any atom is 0.0414 e. The minimum absolute atomic E-state index is 0.470. The molecule has 1 aromatic rings.